The molecule has 0 spiro atoms. The molecule has 0 bridgehead atoms. The number of fused-ring (bicyclic) bond motifs is 1. The zero-order valence-corrected chi connectivity index (χ0v) is 18.9. The summed E-state index contributed by atoms with van der Waals surface area (Å²) in [6, 6.07) is 4.73. The van der Waals surface area contributed by atoms with Gasteiger partial charge in [0.15, 0.2) is 11.2 Å². The molecule has 0 saturated heterocycles. The molecule has 0 atom stereocenters. The molecule has 3 aromatic rings. The smallest absolute Gasteiger partial charge is 0.332 e. The van der Waals surface area contributed by atoms with Crippen LogP contribution in [0.15, 0.2) is 34.1 Å². The molecule has 2 amide bonds. The molecule has 32 heavy (non-hydrogen) atoms. The highest BCUT2D eigenvalue weighted by Gasteiger charge is 2.15. The van der Waals surface area contributed by atoms with Gasteiger partial charge in [-0.15, -0.1) is 0 Å². The maximum absolute atomic E-state index is 12.5. The molecule has 3 rings (SSSR count). The van der Waals surface area contributed by atoms with E-state index in [1.807, 2.05) is 6.92 Å². The van der Waals surface area contributed by atoms with Crippen LogP contribution in [0.5, 0.6) is 0 Å². The lowest BCUT2D eigenvalue weighted by molar-refractivity contribution is -0.116. The highest BCUT2D eigenvalue weighted by Crippen LogP contribution is 2.21. The van der Waals surface area contributed by atoms with E-state index in [9.17, 15) is 19.2 Å². The number of rotatable bonds is 8. The van der Waals surface area contributed by atoms with E-state index in [0.29, 0.717) is 41.9 Å². The summed E-state index contributed by atoms with van der Waals surface area (Å²) >= 11 is 6.19. The third kappa shape index (κ3) is 4.75. The largest absolute Gasteiger partial charge is 0.352 e. The highest BCUT2D eigenvalue weighted by molar-refractivity contribution is 6.34. The number of aryl methyl sites for hydroxylation is 2. The highest BCUT2D eigenvalue weighted by atomic mass is 35.5. The number of aromatic nitrogens is 4. The monoisotopic (exact) mass is 460 g/mol. The summed E-state index contributed by atoms with van der Waals surface area (Å²) in [4.78, 5) is 53.0. The summed E-state index contributed by atoms with van der Waals surface area (Å²) in [5, 5.41) is 5.76. The molecule has 0 aliphatic heterocycles. The van der Waals surface area contributed by atoms with Crippen molar-refractivity contribution in [3.63, 3.8) is 0 Å². The van der Waals surface area contributed by atoms with E-state index < -0.39 is 11.2 Å². The summed E-state index contributed by atoms with van der Waals surface area (Å²) < 4.78 is 3.99. The molecule has 170 valence electrons. The Hall–Kier alpha value is -3.40. The summed E-state index contributed by atoms with van der Waals surface area (Å²) in [5.41, 5.74) is 0.589. The van der Waals surface area contributed by atoms with Crippen molar-refractivity contribution in [1.29, 1.82) is 0 Å². The van der Waals surface area contributed by atoms with Crippen LogP contribution in [0.2, 0.25) is 5.02 Å². The van der Waals surface area contributed by atoms with Gasteiger partial charge in [-0.3, -0.25) is 23.5 Å². The average Bonchev–Trinajstić information content (AvgIpc) is 3.18. The maximum Gasteiger partial charge on any atom is 0.332 e. The van der Waals surface area contributed by atoms with Gasteiger partial charge >= 0.3 is 5.69 Å². The number of halogens is 1. The summed E-state index contributed by atoms with van der Waals surface area (Å²) in [7, 11) is 2.97. The molecule has 2 heterocycles. The number of hydrogen-bond acceptors (Lipinski definition) is 5. The van der Waals surface area contributed by atoms with Gasteiger partial charge in [-0.05, 0) is 31.0 Å². The maximum atomic E-state index is 12.5. The Balaban J connectivity index is 1.62. The minimum absolute atomic E-state index is 0.197. The van der Waals surface area contributed by atoms with Gasteiger partial charge in [-0.1, -0.05) is 18.5 Å². The molecule has 0 unspecified atom stereocenters. The van der Waals surface area contributed by atoms with E-state index >= 15 is 0 Å². The lowest BCUT2D eigenvalue weighted by atomic mass is 10.2. The molecule has 2 aromatic heterocycles. The van der Waals surface area contributed by atoms with Crippen molar-refractivity contribution in [2.75, 3.05) is 11.9 Å². The Morgan fingerprint density at radius 3 is 2.59 bits per heavy atom. The number of nitrogens with zero attached hydrogens (tertiary/aromatic N) is 4. The van der Waals surface area contributed by atoms with Crippen molar-refractivity contribution in [2.24, 2.45) is 14.1 Å². The van der Waals surface area contributed by atoms with Crippen molar-refractivity contribution >= 4 is 40.3 Å². The van der Waals surface area contributed by atoms with Gasteiger partial charge in [0.05, 0.1) is 16.9 Å². The van der Waals surface area contributed by atoms with Crippen molar-refractivity contribution in [3.8, 4) is 0 Å². The van der Waals surface area contributed by atoms with Gasteiger partial charge < -0.3 is 15.2 Å². The Kier molecular flexibility index (Phi) is 7.14. The fourth-order valence-electron chi connectivity index (χ4n) is 3.31. The van der Waals surface area contributed by atoms with Crippen LogP contribution in [-0.4, -0.2) is 37.0 Å². The number of amides is 2. The first-order valence-electron chi connectivity index (χ1n) is 10.2. The first kappa shape index (κ1) is 23.3. The number of carbonyl (C=O) groups is 2. The van der Waals surface area contributed by atoms with Crippen LogP contribution in [0.1, 0.15) is 36.5 Å². The van der Waals surface area contributed by atoms with Crippen molar-refractivity contribution in [2.45, 2.75) is 32.7 Å². The van der Waals surface area contributed by atoms with E-state index in [1.165, 1.54) is 24.0 Å². The quantitative estimate of drug-likeness (QED) is 0.529. The van der Waals surface area contributed by atoms with E-state index in [0.717, 1.165) is 11.0 Å². The van der Waals surface area contributed by atoms with Crippen LogP contribution in [0.4, 0.5) is 5.69 Å². The van der Waals surface area contributed by atoms with Crippen molar-refractivity contribution in [1.82, 2.24) is 24.0 Å². The number of benzene rings is 1. The van der Waals surface area contributed by atoms with Crippen LogP contribution < -0.4 is 21.9 Å². The topological polar surface area (TPSA) is 120 Å². The zero-order valence-electron chi connectivity index (χ0n) is 18.1. The molecule has 0 saturated carbocycles. The first-order valence-corrected chi connectivity index (χ1v) is 10.6. The zero-order chi connectivity index (χ0) is 23.4. The number of carbonyl (C=O) groups excluding carboxylic acids is 2. The van der Waals surface area contributed by atoms with Crippen molar-refractivity contribution in [3.05, 3.63) is 56.0 Å². The van der Waals surface area contributed by atoms with Gasteiger partial charge in [0, 0.05) is 39.3 Å². The molecule has 10 nitrogen and oxygen atoms in total. The average molecular weight is 461 g/mol. The second-order valence-electron chi connectivity index (χ2n) is 7.42. The molecule has 0 aliphatic rings. The molecule has 0 aliphatic carbocycles. The van der Waals surface area contributed by atoms with Crippen LogP contribution in [0.3, 0.4) is 0 Å². The van der Waals surface area contributed by atoms with Gasteiger partial charge in [-0.25, -0.2) is 9.78 Å². The summed E-state index contributed by atoms with van der Waals surface area (Å²) in [6.45, 7) is 2.90. The second kappa shape index (κ2) is 9.82. The lowest BCUT2D eigenvalue weighted by Gasteiger charge is -2.10. The number of anilines is 1. The Morgan fingerprint density at radius 1 is 1.16 bits per heavy atom. The minimum atomic E-state index is -0.445. The van der Waals surface area contributed by atoms with Crippen molar-refractivity contribution < 1.29 is 9.59 Å². The number of imidazole rings is 1. The number of hydrogen-bond donors (Lipinski definition) is 2. The molecule has 1 aromatic carbocycles. The molecule has 0 radical (unpaired) electrons. The molecular weight excluding hydrogens is 436 g/mol. The number of nitrogens with one attached hydrogen (secondary N) is 2. The Labute approximate surface area is 188 Å². The van der Waals surface area contributed by atoms with E-state index in [4.69, 9.17) is 11.6 Å². The third-order valence-electron chi connectivity index (χ3n) is 5.05. The SMILES string of the molecule is CCCNC(=O)c1ccc(NC(=O)CCCn2cnc3c2c(=O)n(C)c(=O)n3C)cc1Cl. The summed E-state index contributed by atoms with van der Waals surface area (Å²) in [5.74, 6) is -0.486. The molecular formula is C21H25ClN6O4. The van der Waals surface area contributed by atoms with Crippen LogP contribution >= 0.6 is 11.6 Å². The van der Waals surface area contributed by atoms with Gasteiger partial charge in [-0.2, -0.15) is 0 Å². The molecule has 0 fully saturated rings. The van der Waals surface area contributed by atoms with Crippen LogP contribution in [0, 0.1) is 0 Å². The van der Waals surface area contributed by atoms with Gasteiger partial charge in [0.25, 0.3) is 11.5 Å². The fraction of sp³-hybridized carbons (Fsp3) is 0.381. The van der Waals surface area contributed by atoms with Gasteiger partial charge in [0.2, 0.25) is 5.91 Å². The van der Waals surface area contributed by atoms with Crippen LogP contribution in [-0.2, 0) is 25.4 Å². The van der Waals surface area contributed by atoms with E-state index in [-0.39, 0.29) is 23.3 Å². The first-order chi connectivity index (χ1) is 15.2. The Morgan fingerprint density at radius 2 is 1.91 bits per heavy atom. The molecule has 2 N–H and O–H groups in total. The Bertz CT molecular complexity index is 1290. The fourth-order valence-corrected chi connectivity index (χ4v) is 3.58. The second-order valence-corrected chi connectivity index (χ2v) is 7.83. The van der Waals surface area contributed by atoms with Crippen LogP contribution in [0.25, 0.3) is 11.2 Å². The van der Waals surface area contributed by atoms with E-state index in [1.54, 1.807) is 23.7 Å². The lowest BCUT2D eigenvalue weighted by Crippen LogP contribution is -2.37. The normalized spacial score (nSPS) is 11.0. The predicted molar refractivity (Wildman–Crippen MR) is 122 cm³/mol. The third-order valence-corrected chi connectivity index (χ3v) is 5.37. The van der Waals surface area contributed by atoms with Gasteiger partial charge in [0.1, 0.15) is 0 Å². The molecule has 11 heteroatoms. The standard InChI is InChI=1S/C21H25ClN6O4/c1-4-9-23-19(30)14-8-7-13(11-15(14)22)25-16(29)6-5-10-28-12-24-18-17(28)20(31)27(3)21(32)26(18)2/h7-8,11-12H,4-6,9-10H2,1-3H3,(H,23,30)(H,25,29). The van der Waals surface area contributed by atoms with E-state index in [2.05, 4.69) is 15.6 Å². The minimum Gasteiger partial charge on any atom is -0.352 e. The summed E-state index contributed by atoms with van der Waals surface area (Å²) in [6.07, 6.45) is 2.96. The predicted octanol–water partition coefficient (Wildman–Crippen LogP) is 1.65.